The number of rotatable bonds is 3. The molecule has 0 spiro atoms. The van der Waals surface area contributed by atoms with Crippen molar-refractivity contribution in [3.8, 4) is 0 Å². The van der Waals surface area contributed by atoms with Crippen LogP contribution in [0.4, 0.5) is 0 Å². The number of hydrogen-bond acceptors (Lipinski definition) is 2. The second kappa shape index (κ2) is 7.16. The van der Waals surface area contributed by atoms with Crippen LogP contribution in [0.5, 0.6) is 0 Å². The largest absolute Gasteiger partial charge is 0.339 e. The molecule has 1 aliphatic heterocycles. The van der Waals surface area contributed by atoms with Crippen molar-refractivity contribution >= 4 is 11.8 Å². The van der Waals surface area contributed by atoms with Crippen molar-refractivity contribution < 1.29 is 9.59 Å². The summed E-state index contributed by atoms with van der Waals surface area (Å²) in [4.78, 5) is 28.5. The normalized spacial score (nSPS) is 17.0. The Morgan fingerprint density at radius 2 is 1.52 bits per heavy atom. The molecule has 1 aromatic rings. The van der Waals surface area contributed by atoms with Gasteiger partial charge < -0.3 is 9.80 Å². The molecule has 0 radical (unpaired) electrons. The molecule has 2 rings (SSSR count). The van der Waals surface area contributed by atoms with Crippen LogP contribution in [0.1, 0.15) is 45.6 Å². The smallest absolute Gasteiger partial charge is 0.228 e. The van der Waals surface area contributed by atoms with Crippen LogP contribution in [-0.4, -0.2) is 47.8 Å². The Morgan fingerprint density at radius 1 is 1.00 bits per heavy atom. The zero-order valence-corrected chi connectivity index (χ0v) is 14.7. The highest BCUT2D eigenvalue weighted by Crippen LogP contribution is 2.21. The van der Waals surface area contributed by atoms with Crippen LogP contribution < -0.4 is 0 Å². The van der Waals surface area contributed by atoms with Gasteiger partial charge in [0, 0.05) is 38.0 Å². The lowest BCUT2D eigenvalue weighted by Crippen LogP contribution is -2.53. The zero-order valence-electron chi connectivity index (χ0n) is 14.7. The molecule has 0 saturated carbocycles. The van der Waals surface area contributed by atoms with E-state index in [9.17, 15) is 9.59 Å². The van der Waals surface area contributed by atoms with Gasteiger partial charge in [-0.05, 0) is 11.5 Å². The van der Waals surface area contributed by atoms with E-state index in [1.807, 2.05) is 48.8 Å². The molecule has 1 fully saturated rings. The molecule has 2 amide bonds. The maximum Gasteiger partial charge on any atom is 0.228 e. The molecule has 126 valence electrons. The quantitative estimate of drug-likeness (QED) is 0.860. The van der Waals surface area contributed by atoms with Crippen LogP contribution in [0.2, 0.25) is 0 Å². The monoisotopic (exact) mass is 316 g/mol. The molecule has 0 aliphatic carbocycles. The molecule has 0 N–H and O–H groups in total. The fourth-order valence-corrected chi connectivity index (χ4v) is 2.92. The Hall–Kier alpha value is -1.84. The summed E-state index contributed by atoms with van der Waals surface area (Å²) in [6, 6.07) is 10.1. The highest BCUT2D eigenvalue weighted by atomic mass is 16.2. The van der Waals surface area contributed by atoms with Crippen LogP contribution in [0.3, 0.4) is 0 Å². The molecule has 1 heterocycles. The standard InChI is InChI=1S/C19H28N2O2/c1-15(16-8-6-5-7-9-16)14-17(22)20-10-12-21(13-11-20)18(23)19(2,3)4/h5-9,15H,10-14H2,1-4H3. The Morgan fingerprint density at radius 3 is 2.04 bits per heavy atom. The van der Waals surface area contributed by atoms with Crippen molar-refractivity contribution in [2.24, 2.45) is 5.41 Å². The summed E-state index contributed by atoms with van der Waals surface area (Å²) in [6.07, 6.45) is 0.525. The van der Waals surface area contributed by atoms with Gasteiger partial charge in [-0.3, -0.25) is 9.59 Å². The second-order valence-electron chi connectivity index (χ2n) is 7.44. The third-order valence-electron chi connectivity index (χ3n) is 4.41. The lowest BCUT2D eigenvalue weighted by molar-refractivity contribution is -0.145. The molecule has 4 nitrogen and oxygen atoms in total. The summed E-state index contributed by atoms with van der Waals surface area (Å²) in [5.41, 5.74) is 0.843. The molecule has 1 aliphatic rings. The second-order valence-corrected chi connectivity index (χ2v) is 7.44. The predicted octanol–water partition coefficient (Wildman–Crippen LogP) is 2.90. The van der Waals surface area contributed by atoms with Crippen LogP contribution in [0.25, 0.3) is 0 Å². The lowest BCUT2D eigenvalue weighted by Gasteiger charge is -2.38. The molecular weight excluding hydrogens is 288 g/mol. The fraction of sp³-hybridized carbons (Fsp3) is 0.579. The van der Waals surface area contributed by atoms with E-state index in [2.05, 4.69) is 19.1 Å². The Bertz CT molecular complexity index is 540. The number of nitrogens with zero attached hydrogens (tertiary/aromatic N) is 2. The van der Waals surface area contributed by atoms with E-state index in [0.717, 1.165) is 0 Å². The summed E-state index contributed by atoms with van der Waals surface area (Å²) in [6.45, 7) is 10.5. The van der Waals surface area contributed by atoms with Crippen molar-refractivity contribution in [2.75, 3.05) is 26.2 Å². The third kappa shape index (κ3) is 4.57. The van der Waals surface area contributed by atoms with Crippen LogP contribution in [0, 0.1) is 5.41 Å². The maximum atomic E-state index is 12.5. The minimum atomic E-state index is -0.353. The highest BCUT2D eigenvalue weighted by Gasteiger charge is 2.31. The predicted molar refractivity (Wildman–Crippen MR) is 92.1 cm³/mol. The number of amides is 2. The van der Waals surface area contributed by atoms with Gasteiger partial charge in [0.25, 0.3) is 0 Å². The van der Waals surface area contributed by atoms with Crippen molar-refractivity contribution in [2.45, 2.75) is 40.0 Å². The number of piperazine rings is 1. The Balaban J connectivity index is 1.85. The van der Waals surface area contributed by atoms with Gasteiger partial charge in [0.15, 0.2) is 0 Å². The molecule has 23 heavy (non-hydrogen) atoms. The molecule has 1 saturated heterocycles. The minimum Gasteiger partial charge on any atom is -0.339 e. The van der Waals surface area contributed by atoms with Gasteiger partial charge >= 0.3 is 0 Å². The molecule has 4 heteroatoms. The number of carbonyl (C=O) groups is 2. The van der Waals surface area contributed by atoms with Crippen molar-refractivity contribution in [3.63, 3.8) is 0 Å². The summed E-state index contributed by atoms with van der Waals surface area (Å²) in [5.74, 6) is 0.574. The van der Waals surface area contributed by atoms with Gasteiger partial charge in [-0.25, -0.2) is 0 Å². The molecular formula is C19H28N2O2. The zero-order chi connectivity index (χ0) is 17.0. The average molecular weight is 316 g/mol. The highest BCUT2D eigenvalue weighted by molar-refractivity contribution is 5.82. The van der Waals surface area contributed by atoms with Gasteiger partial charge in [-0.15, -0.1) is 0 Å². The van der Waals surface area contributed by atoms with Crippen molar-refractivity contribution in [1.29, 1.82) is 0 Å². The van der Waals surface area contributed by atoms with E-state index in [-0.39, 0.29) is 23.1 Å². The van der Waals surface area contributed by atoms with E-state index < -0.39 is 0 Å². The number of benzene rings is 1. The molecule has 0 aromatic heterocycles. The van der Waals surface area contributed by atoms with Crippen molar-refractivity contribution in [3.05, 3.63) is 35.9 Å². The SMILES string of the molecule is CC(CC(=O)N1CCN(C(=O)C(C)(C)C)CC1)c1ccccc1. The third-order valence-corrected chi connectivity index (χ3v) is 4.41. The van der Waals surface area contributed by atoms with E-state index >= 15 is 0 Å². The summed E-state index contributed by atoms with van der Waals surface area (Å²) in [7, 11) is 0. The summed E-state index contributed by atoms with van der Waals surface area (Å²) in [5, 5.41) is 0. The topological polar surface area (TPSA) is 40.6 Å². The number of hydrogen-bond donors (Lipinski definition) is 0. The average Bonchev–Trinajstić information content (AvgIpc) is 2.54. The number of carbonyl (C=O) groups excluding carboxylic acids is 2. The minimum absolute atomic E-state index is 0.169. The first-order valence-electron chi connectivity index (χ1n) is 8.41. The van der Waals surface area contributed by atoms with Crippen LogP contribution in [0.15, 0.2) is 30.3 Å². The van der Waals surface area contributed by atoms with Gasteiger partial charge in [0.2, 0.25) is 11.8 Å². The first-order chi connectivity index (χ1) is 10.8. The Kier molecular flexibility index (Phi) is 5.45. The Labute approximate surface area is 139 Å². The molecule has 1 unspecified atom stereocenters. The fourth-order valence-electron chi connectivity index (χ4n) is 2.92. The van der Waals surface area contributed by atoms with E-state index in [0.29, 0.717) is 32.6 Å². The van der Waals surface area contributed by atoms with Crippen LogP contribution in [-0.2, 0) is 9.59 Å². The maximum absolute atomic E-state index is 12.5. The van der Waals surface area contributed by atoms with Gasteiger partial charge in [-0.1, -0.05) is 58.0 Å². The van der Waals surface area contributed by atoms with Gasteiger partial charge in [-0.2, -0.15) is 0 Å². The molecule has 1 atom stereocenters. The van der Waals surface area contributed by atoms with E-state index in [1.54, 1.807) is 0 Å². The summed E-state index contributed by atoms with van der Waals surface area (Å²) < 4.78 is 0. The lowest BCUT2D eigenvalue weighted by atomic mass is 9.94. The summed E-state index contributed by atoms with van der Waals surface area (Å²) >= 11 is 0. The van der Waals surface area contributed by atoms with Gasteiger partial charge in [0.05, 0.1) is 0 Å². The van der Waals surface area contributed by atoms with E-state index in [4.69, 9.17) is 0 Å². The molecule has 1 aromatic carbocycles. The van der Waals surface area contributed by atoms with Crippen molar-refractivity contribution in [1.82, 2.24) is 9.80 Å². The first kappa shape index (κ1) is 17.5. The first-order valence-corrected chi connectivity index (χ1v) is 8.41. The van der Waals surface area contributed by atoms with E-state index in [1.165, 1.54) is 5.56 Å². The molecule has 0 bridgehead atoms. The van der Waals surface area contributed by atoms with Gasteiger partial charge in [0.1, 0.15) is 0 Å². The van der Waals surface area contributed by atoms with Crippen LogP contribution >= 0.6 is 0 Å².